The van der Waals surface area contributed by atoms with Crippen LogP contribution in [0, 0.1) is 6.92 Å². The molecule has 2 aromatic rings. The predicted octanol–water partition coefficient (Wildman–Crippen LogP) is 3.98. The lowest BCUT2D eigenvalue weighted by atomic mass is 10.0. The fraction of sp³-hybridized carbons (Fsp3) is 0.474. The number of halogens is 1. The van der Waals surface area contributed by atoms with Crippen LogP contribution in [-0.4, -0.2) is 37.7 Å². The van der Waals surface area contributed by atoms with Crippen molar-refractivity contribution >= 4 is 41.3 Å². The first-order valence-corrected chi connectivity index (χ1v) is 9.52. The average Bonchev–Trinajstić information content (AvgIpc) is 3.04. The van der Waals surface area contributed by atoms with E-state index >= 15 is 0 Å². The lowest BCUT2D eigenvalue weighted by Crippen LogP contribution is -2.38. The molecule has 2 N–H and O–H groups in total. The van der Waals surface area contributed by atoms with Crippen LogP contribution in [0.3, 0.4) is 0 Å². The van der Waals surface area contributed by atoms with E-state index in [1.807, 2.05) is 24.4 Å². The van der Waals surface area contributed by atoms with Crippen LogP contribution in [0.25, 0.3) is 0 Å². The van der Waals surface area contributed by atoms with Crippen LogP contribution in [0.4, 0.5) is 0 Å². The molecule has 1 aromatic carbocycles. The molecule has 0 aliphatic heterocycles. The monoisotopic (exact) mass is 488 g/mol. The number of guanidine groups is 1. The van der Waals surface area contributed by atoms with Gasteiger partial charge in [-0.1, -0.05) is 25.1 Å². The molecule has 0 aliphatic carbocycles. The minimum atomic E-state index is 0. The van der Waals surface area contributed by atoms with Gasteiger partial charge in [-0.25, -0.2) is 4.98 Å². The third kappa shape index (κ3) is 7.11. The summed E-state index contributed by atoms with van der Waals surface area (Å²) in [5.74, 6) is 2.05. The Morgan fingerprint density at radius 1 is 1.31 bits per heavy atom. The molecule has 0 aliphatic rings. The zero-order valence-electron chi connectivity index (χ0n) is 15.9. The summed E-state index contributed by atoms with van der Waals surface area (Å²) in [7, 11) is 1.71. The number of rotatable bonds is 8. The lowest BCUT2D eigenvalue weighted by Gasteiger charge is -2.15. The Bertz CT molecular complexity index is 690. The number of para-hydroxylation sites is 1. The van der Waals surface area contributed by atoms with Crippen molar-refractivity contribution in [1.82, 2.24) is 15.6 Å². The Balaban J connectivity index is 0.00000338. The largest absolute Gasteiger partial charge is 0.496 e. The van der Waals surface area contributed by atoms with Gasteiger partial charge in [-0.2, -0.15) is 0 Å². The van der Waals surface area contributed by atoms with Gasteiger partial charge in [0.1, 0.15) is 5.75 Å². The van der Waals surface area contributed by atoms with Crippen LogP contribution < -0.4 is 15.4 Å². The second-order valence-electron chi connectivity index (χ2n) is 5.90. The molecule has 0 saturated heterocycles. The molecule has 1 heterocycles. The second-order valence-corrected chi connectivity index (χ2v) is 7.22. The van der Waals surface area contributed by atoms with E-state index in [4.69, 9.17) is 9.73 Å². The first-order chi connectivity index (χ1) is 12.1. The molecule has 5 nitrogen and oxygen atoms in total. The van der Waals surface area contributed by atoms with Gasteiger partial charge in [0, 0.05) is 43.0 Å². The molecule has 0 saturated carbocycles. The third-order valence-electron chi connectivity index (χ3n) is 3.84. The number of ether oxygens (including phenoxy) is 1. The average molecular weight is 488 g/mol. The Morgan fingerprint density at radius 2 is 2.08 bits per heavy atom. The van der Waals surface area contributed by atoms with Crippen molar-refractivity contribution in [2.45, 2.75) is 33.1 Å². The standard InChI is InChI=1S/C19H28N4OS.HI/c1-5-20-19(21-11-10-18-22-13-15(3)25-18)23-12-14(2)16-8-6-7-9-17(16)24-4;/h6-9,13-14H,5,10-12H2,1-4H3,(H2,20,21,23);1H. The SMILES string of the molecule is CCNC(=NCC(C)c1ccccc1OC)NCCc1ncc(C)s1.I. The van der Waals surface area contributed by atoms with Crippen molar-refractivity contribution in [1.29, 1.82) is 0 Å². The maximum absolute atomic E-state index is 5.45. The van der Waals surface area contributed by atoms with Crippen LogP contribution in [0.1, 0.15) is 35.2 Å². The zero-order chi connectivity index (χ0) is 18.1. The minimum Gasteiger partial charge on any atom is -0.496 e. The van der Waals surface area contributed by atoms with Crippen molar-refractivity contribution in [2.75, 3.05) is 26.7 Å². The van der Waals surface area contributed by atoms with E-state index < -0.39 is 0 Å². The van der Waals surface area contributed by atoms with Gasteiger partial charge in [-0.3, -0.25) is 4.99 Å². The summed E-state index contributed by atoms with van der Waals surface area (Å²) in [5.41, 5.74) is 1.18. The molecule has 0 spiro atoms. The molecule has 0 fully saturated rings. The van der Waals surface area contributed by atoms with Crippen molar-refractivity contribution in [2.24, 2.45) is 4.99 Å². The molecule has 0 amide bonds. The summed E-state index contributed by atoms with van der Waals surface area (Å²) in [6.45, 7) is 8.69. The number of hydrogen-bond acceptors (Lipinski definition) is 4. The van der Waals surface area contributed by atoms with E-state index in [0.29, 0.717) is 6.54 Å². The summed E-state index contributed by atoms with van der Waals surface area (Å²) < 4.78 is 5.45. The summed E-state index contributed by atoms with van der Waals surface area (Å²) in [4.78, 5) is 10.4. The van der Waals surface area contributed by atoms with Gasteiger partial charge in [0.05, 0.1) is 12.1 Å². The van der Waals surface area contributed by atoms with Crippen molar-refractivity contribution in [3.05, 3.63) is 45.9 Å². The lowest BCUT2D eigenvalue weighted by molar-refractivity contribution is 0.407. The molecule has 144 valence electrons. The molecule has 1 atom stereocenters. The first kappa shape index (κ1) is 22.7. The molecule has 26 heavy (non-hydrogen) atoms. The maximum Gasteiger partial charge on any atom is 0.191 e. The molecule has 7 heteroatoms. The normalized spacial score (nSPS) is 12.2. The van der Waals surface area contributed by atoms with E-state index in [-0.39, 0.29) is 29.9 Å². The number of nitrogens with zero attached hydrogens (tertiary/aromatic N) is 2. The number of aryl methyl sites for hydroxylation is 1. The van der Waals surface area contributed by atoms with Gasteiger partial charge in [-0.05, 0) is 25.5 Å². The van der Waals surface area contributed by atoms with Gasteiger partial charge >= 0.3 is 0 Å². The first-order valence-electron chi connectivity index (χ1n) is 8.70. The fourth-order valence-corrected chi connectivity index (χ4v) is 3.33. The van der Waals surface area contributed by atoms with E-state index in [1.165, 1.54) is 10.4 Å². The second kappa shape index (κ2) is 12.1. The molecule has 0 radical (unpaired) electrons. The molecule has 0 bridgehead atoms. The Labute approximate surface area is 177 Å². The summed E-state index contributed by atoms with van der Waals surface area (Å²) >= 11 is 1.75. The number of aromatic nitrogens is 1. The van der Waals surface area contributed by atoms with Crippen LogP contribution >= 0.6 is 35.3 Å². The van der Waals surface area contributed by atoms with Crippen LogP contribution in [-0.2, 0) is 6.42 Å². The molecule has 1 aromatic heterocycles. The topological polar surface area (TPSA) is 58.5 Å². The third-order valence-corrected chi connectivity index (χ3v) is 4.81. The molecule has 2 rings (SSSR count). The van der Waals surface area contributed by atoms with Gasteiger partial charge in [0.15, 0.2) is 5.96 Å². The van der Waals surface area contributed by atoms with E-state index in [1.54, 1.807) is 18.4 Å². The minimum absolute atomic E-state index is 0. The van der Waals surface area contributed by atoms with Gasteiger partial charge < -0.3 is 15.4 Å². The van der Waals surface area contributed by atoms with Gasteiger partial charge in [0.2, 0.25) is 0 Å². The highest BCUT2D eigenvalue weighted by Crippen LogP contribution is 2.26. The Hall–Kier alpha value is -1.35. The van der Waals surface area contributed by atoms with Crippen molar-refractivity contribution in [3.8, 4) is 5.75 Å². The van der Waals surface area contributed by atoms with Crippen molar-refractivity contribution in [3.63, 3.8) is 0 Å². The highest BCUT2D eigenvalue weighted by atomic mass is 127. The quantitative estimate of drug-likeness (QED) is 0.335. The maximum atomic E-state index is 5.45. The molecule has 1 unspecified atom stereocenters. The highest BCUT2D eigenvalue weighted by molar-refractivity contribution is 14.0. The summed E-state index contributed by atoms with van der Waals surface area (Å²) in [5, 5.41) is 7.84. The van der Waals surface area contributed by atoms with Crippen LogP contribution in [0.2, 0.25) is 0 Å². The number of benzene rings is 1. The Kier molecular flexibility index (Phi) is 10.6. The fourth-order valence-electron chi connectivity index (χ4n) is 2.55. The number of aliphatic imine (C=N–C) groups is 1. The predicted molar refractivity (Wildman–Crippen MR) is 121 cm³/mol. The number of methoxy groups -OCH3 is 1. The van der Waals surface area contributed by atoms with Gasteiger partial charge in [0.25, 0.3) is 0 Å². The molecular formula is C19H29IN4OS. The summed E-state index contributed by atoms with van der Waals surface area (Å²) in [6.07, 6.45) is 2.83. The number of hydrogen-bond donors (Lipinski definition) is 2. The molecular weight excluding hydrogens is 459 g/mol. The van der Waals surface area contributed by atoms with Crippen LogP contribution in [0.5, 0.6) is 5.75 Å². The van der Waals surface area contributed by atoms with E-state index in [9.17, 15) is 0 Å². The number of thiazole rings is 1. The summed E-state index contributed by atoms with van der Waals surface area (Å²) in [6, 6.07) is 8.13. The smallest absolute Gasteiger partial charge is 0.191 e. The highest BCUT2D eigenvalue weighted by Gasteiger charge is 2.10. The van der Waals surface area contributed by atoms with Crippen LogP contribution in [0.15, 0.2) is 35.5 Å². The Morgan fingerprint density at radius 3 is 2.73 bits per heavy atom. The number of nitrogens with one attached hydrogen (secondary N) is 2. The van der Waals surface area contributed by atoms with E-state index in [2.05, 4.69) is 42.5 Å². The van der Waals surface area contributed by atoms with Crippen molar-refractivity contribution < 1.29 is 4.74 Å². The zero-order valence-corrected chi connectivity index (χ0v) is 19.1. The van der Waals surface area contributed by atoms with Gasteiger partial charge in [-0.15, -0.1) is 35.3 Å². The van der Waals surface area contributed by atoms with E-state index in [0.717, 1.165) is 36.2 Å².